The summed E-state index contributed by atoms with van der Waals surface area (Å²) in [6, 6.07) is 0. The molecule has 0 saturated heterocycles. The first-order chi connectivity index (χ1) is 7.14. The lowest BCUT2D eigenvalue weighted by Gasteiger charge is -2.32. The zero-order chi connectivity index (χ0) is 11.3. The van der Waals surface area contributed by atoms with Crippen LogP contribution in [0.1, 0.15) is 33.1 Å². The van der Waals surface area contributed by atoms with E-state index in [0.29, 0.717) is 0 Å². The molecule has 1 N–H and O–H groups in total. The van der Waals surface area contributed by atoms with Gasteiger partial charge in [0.1, 0.15) is 0 Å². The van der Waals surface area contributed by atoms with E-state index >= 15 is 0 Å². The molecule has 1 aliphatic rings. The van der Waals surface area contributed by atoms with E-state index in [-0.39, 0.29) is 5.41 Å². The highest BCUT2D eigenvalue weighted by molar-refractivity contribution is 5.19. The van der Waals surface area contributed by atoms with Crippen molar-refractivity contribution in [3.63, 3.8) is 0 Å². The minimum atomic E-state index is 0.163. The molecule has 2 nitrogen and oxygen atoms in total. The van der Waals surface area contributed by atoms with Crippen molar-refractivity contribution in [3.8, 4) is 0 Å². The topological polar surface area (TPSA) is 21.3 Å². The van der Waals surface area contributed by atoms with Crippen LogP contribution in [0.5, 0.6) is 0 Å². The van der Waals surface area contributed by atoms with E-state index in [1.54, 1.807) is 0 Å². The number of hydrogen-bond donors (Lipinski definition) is 1. The second kappa shape index (κ2) is 5.36. The maximum absolute atomic E-state index is 5.75. The van der Waals surface area contributed by atoms with Crippen molar-refractivity contribution >= 4 is 0 Å². The molecular formula is C13H23NO. The molecule has 1 rings (SSSR count). The summed E-state index contributed by atoms with van der Waals surface area (Å²) in [7, 11) is 2.00. The molecule has 0 heterocycles. The maximum atomic E-state index is 5.75. The summed E-state index contributed by atoms with van der Waals surface area (Å²) >= 11 is 0. The van der Waals surface area contributed by atoms with Crippen LogP contribution in [0.3, 0.4) is 0 Å². The zero-order valence-corrected chi connectivity index (χ0v) is 10.2. The van der Waals surface area contributed by atoms with Gasteiger partial charge in [-0.3, -0.25) is 0 Å². The van der Waals surface area contributed by atoms with Crippen LogP contribution in [0.4, 0.5) is 0 Å². The highest BCUT2D eigenvalue weighted by Gasteiger charge is 2.38. The molecule has 0 saturated carbocycles. The van der Waals surface area contributed by atoms with Crippen molar-refractivity contribution in [3.05, 3.63) is 24.0 Å². The lowest BCUT2D eigenvalue weighted by molar-refractivity contribution is 0.139. The Morgan fingerprint density at radius 1 is 1.67 bits per heavy atom. The fourth-order valence-electron chi connectivity index (χ4n) is 2.52. The van der Waals surface area contributed by atoms with Gasteiger partial charge in [-0.2, -0.15) is 0 Å². The van der Waals surface area contributed by atoms with Crippen LogP contribution in [-0.2, 0) is 4.74 Å². The number of allylic oxidation sites excluding steroid dienone is 2. The Morgan fingerprint density at radius 3 is 2.93 bits per heavy atom. The molecule has 0 aliphatic heterocycles. The summed E-state index contributed by atoms with van der Waals surface area (Å²) in [6.45, 7) is 9.91. The summed E-state index contributed by atoms with van der Waals surface area (Å²) in [6.07, 6.45) is 5.57. The quantitative estimate of drug-likeness (QED) is 0.679. The molecule has 0 spiro atoms. The minimum Gasteiger partial charge on any atom is -0.498 e. The average molecular weight is 209 g/mol. The SMILES string of the molecule is C=C(C)CC1(CNC)CCC=C1OCC. The van der Waals surface area contributed by atoms with Crippen LogP contribution in [0.25, 0.3) is 0 Å². The average Bonchev–Trinajstić information content (AvgIpc) is 2.49. The summed E-state index contributed by atoms with van der Waals surface area (Å²) in [4.78, 5) is 0. The summed E-state index contributed by atoms with van der Waals surface area (Å²) in [5.41, 5.74) is 1.40. The minimum absolute atomic E-state index is 0.163. The molecule has 2 heteroatoms. The Labute approximate surface area is 93.4 Å². The molecule has 0 radical (unpaired) electrons. The lowest BCUT2D eigenvalue weighted by atomic mass is 9.80. The first-order valence-electron chi connectivity index (χ1n) is 5.77. The maximum Gasteiger partial charge on any atom is 0.0997 e. The zero-order valence-electron chi connectivity index (χ0n) is 10.2. The van der Waals surface area contributed by atoms with Gasteiger partial charge in [0.2, 0.25) is 0 Å². The van der Waals surface area contributed by atoms with Crippen LogP contribution in [0.2, 0.25) is 0 Å². The summed E-state index contributed by atoms with van der Waals surface area (Å²) in [5, 5.41) is 3.28. The fraction of sp³-hybridized carbons (Fsp3) is 0.692. The largest absolute Gasteiger partial charge is 0.498 e. The molecule has 0 amide bonds. The van der Waals surface area contributed by atoms with Gasteiger partial charge in [-0.15, -0.1) is 6.58 Å². The predicted molar refractivity (Wildman–Crippen MR) is 64.7 cm³/mol. The summed E-state index contributed by atoms with van der Waals surface area (Å²) < 4.78 is 5.75. The van der Waals surface area contributed by atoms with Gasteiger partial charge >= 0.3 is 0 Å². The predicted octanol–water partition coefficient (Wildman–Crippen LogP) is 2.87. The van der Waals surface area contributed by atoms with Gasteiger partial charge in [0.25, 0.3) is 0 Å². The molecule has 0 aromatic heterocycles. The first-order valence-corrected chi connectivity index (χ1v) is 5.77. The van der Waals surface area contributed by atoms with Gasteiger partial charge in [-0.1, -0.05) is 5.57 Å². The van der Waals surface area contributed by atoms with E-state index in [1.807, 2.05) is 14.0 Å². The Kier molecular flexibility index (Phi) is 4.40. The molecule has 15 heavy (non-hydrogen) atoms. The molecular weight excluding hydrogens is 186 g/mol. The third-order valence-electron chi connectivity index (χ3n) is 2.93. The highest BCUT2D eigenvalue weighted by atomic mass is 16.5. The Balaban J connectivity index is 2.79. The standard InChI is InChI=1S/C13H23NO/c1-5-15-12-7-6-8-13(12,10-14-4)9-11(2)3/h7,14H,2,5-6,8-10H2,1,3-4H3. The van der Waals surface area contributed by atoms with Crippen molar-refractivity contribution in [2.24, 2.45) is 5.41 Å². The van der Waals surface area contributed by atoms with E-state index in [2.05, 4.69) is 24.9 Å². The second-order valence-electron chi connectivity index (χ2n) is 4.48. The van der Waals surface area contributed by atoms with Crippen LogP contribution < -0.4 is 5.32 Å². The molecule has 86 valence electrons. The van der Waals surface area contributed by atoms with Gasteiger partial charge in [0, 0.05) is 12.0 Å². The molecule has 1 unspecified atom stereocenters. The summed E-state index contributed by atoms with van der Waals surface area (Å²) in [5.74, 6) is 1.17. The number of ether oxygens (including phenoxy) is 1. The van der Waals surface area contributed by atoms with Gasteiger partial charge < -0.3 is 10.1 Å². The Bertz CT molecular complexity index is 257. The fourth-order valence-corrected chi connectivity index (χ4v) is 2.52. The molecule has 0 fully saturated rings. The van der Waals surface area contributed by atoms with E-state index in [9.17, 15) is 0 Å². The monoisotopic (exact) mass is 209 g/mol. The second-order valence-corrected chi connectivity index (χ2v) is 4.48. The number of hydrogen-bond acceptors (Lipinski definition) is 2. The number of nitrogens with one attached hydrogen (secondary N) is 1. The van der Waals surface area contributed by atoms with E-state index < -0.39 is 0 Å². The highest BCUT2D eigenvalue weighted by Crippen LogP contribution is 2.43. The van der Waals surface area contributed by atoms with Crippen molar-refractivity contribution in [1.29, 1.82) is 0 Å². The van der Waals surface area contributed by atoms with Crippen molar-refractivity contribution < 1.29 is 4.74 Å². The molecule has 1 aliphatic carbocycles. The van der Waals surface area contributed by atoms with Gasteiger partial charge in [-0.05, 0) is 46.2 Å². The van der Waals surface area contributed by atoms with E-state index in [1.165, 1.54) is 17.8 Å². The van der Waals surface area contributed by atoms with Gasteiger partial charge in [0.15, 0.2) is 0 Å². The third kappa shape index (κ3) is 2.85. The van der Waals surface area contributed by atoms with Crippen LogP contribution in [0, 0.1) is 5.41 Å². The van der Waals surface area contributed by atoms with Crippen LogP contribution in [-0.4, -0.2) is 20.2 Å². The van der Waals surface area contributed by atoms with Crippen molar-refractivity contribution in [1.82, 2.24) is 5.32 Å². The Hall–Kier alpha value is -0.760. The smallest absolute Gasteiger partial charge is 0.0997 e. The van der Waals surface area contributed by atoms with Gasteiger partial charge in [0.05, 0.1) is 12.4 Å². The number of rotatable bonds is 6. The third-order valence-corrected chi connectivity index (χ3v) is 2.93. The van der Waals surface area contributed by atoms with Crippen LogP contribution >= 0.6 is 0 Å². The molecule has 0 aromatic carbocycles. The molecule has 1 atom stereocenters. The lowest BCUT2D eigenvalue weighted by Crippen LogP contribution is -2.33. The van der Waals surface area contributed by atoms with Crippen LogP contribution in [0.15, 0.2) is 24.0 Å². The normalized spacial score (nSPS) is 25.1. The molecule has 0 aromatic rings. The van der Waals surface area contributed by atoms with Crippen molar-refractivity contribution in [2.45, 2.75) is 33.1 Å². The van der Waals surface area contributed by atoms with Gasteiger partial charge in [-0.25, -0.2) is 0 Å². The first kappa shape index (κ1) is 12.3. The molecule has 0 bridgehead atoms. The Morgan fingerprint density at radius 2 is 2.40 bits per heavy atom. The van der Waals surface area contributed by atoms with E-state index in [4.69, 9.17) is 4.74 Å². The van der Waals surface area contributed by atoms with E-state index in [0.717, 1.165) is 26.0 Å². The van der Waals surface area contributed by atoms with Crippen molar-refractivity contribution in [2.75, 3.05) is 20.2 Å².